The molecule has 4 rings (SSSR count). The van der Waals surface area contributed by atoms with E-state index in [0.717, 1.165) is 24.0 Å². The first kappa shape index (κ1) is 24.2. The second-order valence-corrected chi connectivity index (χ2v) is 9.71. The molecule has 8 nitrogen and oxygen atoms in total. The van der Waals surface area contributed by atoms with Gasteiger partial charge >= 0.3 is 5.97 Å². The molecule has 2 unspecified atom stereocenters. The second-order valence-electron chi connectivity index (χ2n) is 7.96. The Bertz CT molecular complexity index is 1120. The number of esters is 1. The zero-order chi connectivity index (χ0) is 24.2. The number of thioether (sulfide) groups is 1. The van der Waals surface area contributed by atoms with Crippen molar-refractivity contribution in [1.82, 2.24) is 10.9 Å². The van der Waals surface area contributed by atoms with Gasteiger partial charge in [0.25, 0.3) is 0 Å². The molecule has 1 aliphatic heterocycles. The summed E-state index contributed by atoms with van der Waals surface area (Å²) in [6, 6.07) is 11.1. The van der Waals surface area contributed by atoms with Gasteiger partial charge in [-0.2, -0.15) is 0 Å². The number of rotatable bonds is 6. The molecule has 0 saturated heterocycles. The standard InChI is InChI=1S/C24H26ClN3O5S/c1-31-18-6-4-5-15(21(18)33-3)22-16-11-14(25)9-10-17(16)26-23(19(34-22)12-20(29)32-2)27-28-24(30)13-7-8-13/h4-6,9-11,13,19,22H,7-8,12H2,1-3H3,(H,26,27)(H,28,30). The number of hydrogen-bond donors (Lipinski definition) is 2. The van der Waals surface area contributed by atoms with Gasteiger partial charge in [0.2, 0.25) is 5.91 Å². The zero-order valence-electron chi connectivity index (χ0n) is 19.1. The number of benzene rings is 2. The van der Waals surface area contributed by atoms with E-state index >= 15 is 0 Å². The van der Waals surface area contributed by atoms with Crippen LogP contribution >= 0.6 is 23.4 Å². The van der Waals surface area contributed by atoms with Gasteiger partial charge in [-0.05, 0) is 42.7 Å². The van der Waals surface area contributed by atoms with Crippen LogP contribution in [0.1, 0.15) is 35.6 Å². The van der Waals surface area contributed by atoms with Crippen LogP contribution < -0.4 is 20.3 Å². The highest BCUT2D eigenvalue weighted by Gasteiger charge is 2.35. The fourth-order valence-electron chi connectivity index (χ4n) is 3.76. The molecule has 34 heavy (non-hydrogen) atoms. The topological polar surface area (TPSA) is 98.2 Å². The van der Waals surface area contributed by atoms with E-state index in [1.165, 1.54) is 18.9 Å². The largest absolute Gasteiger partial charge is 0.493 e. The Morgan fingerprint density at radius 1 is 1.12 bits per heavy atom. The quantitative estimate of drug-likeness (QED) is 0.450. The Morgan fingerprint density at radius 2 is 1.91 bits per heavy atom. The maximum absolute atomic E-state index is 12.3. The average Bonchev–Trinajstić information content (AvgIpc) is 3.70. The van der Waals surface area contributed by atoms with Crippen LogP contribution in [0.5, 0.6) is 11.5 Å². The van der Waals surface area contributed by atoms with Crippen molar-refractivity contribution in [3.8, 4) is 11.5 Å². The smallest absolute Gasteiger partial charge is 0.307 e. The lowest BCUT2D eigenvalue weighted by molar-refractivity contribution is -0.140. The average molecular weight is 504 g/mol. The monoisotopic (exact) mass is 503 g/mol. The number of amidine groups is 1. The van der Waals surface area contributed by atoms with Gasteiger partial charge in [0.1, 0.15) is 5.84 Å². The van der Waals surface area contributed by atoms with Gasteiger partial charge in [-0.15, -0.1) is 11.8 Å². The third-order valence-electron chi connectivity index (χ3n) is 5.68. The normalized spacial score (nSPS) is 19.2. The van der Waals surface area contributed by atoms with Gasteiger partial charge in [0.15, 0.2) is 11.5 Å². The van der Waals surface area contributed by atoms with Crippen LogP contribution in [0.4, 0.5) is 5.69 Å². The number of carbonyl (C=O) groups is 2. The minimum atomic E-state index is -0.445. The summed E-state index contributed by atoms with van der Waals surface area (Å²) in [6.07, 6.45) is 1.80. The highest BCUT2D eigenvalue weighted by atomic mass is 35.5. The summed E-state index contributed by atoms with van der Waals surface area (Å²) in [5.41, 5.74) is 8.09. The van der Waals surface area contributed by atoms with Crippen molar-refractivity contribution in [2.45, 2.75) is 29.8 Å². The SMILES string of the molecule is COC(=O)CC1SC(c2cccc(OC)c2OC)c2cc(Cl)ccc2N=C1NNC(=O)C1CC1. The van der Waals surface area contributed by atoms with Gasteiger partial charge in [-0.1, -0.05) is 23.7 Å². The highest BCUT2D eigenvalue weighted by Crippen LogP contribution is 2.50. The Morgan fingerprint density at radius 3 is 2.59 bits per heavy atom. The van der Waals surface area contributed by atoms with E-state index in [1.54, 1.807) is 20.3 Å². The maximum Gasteiger partial charge on any atom is 0.307 e. The van der Waals surface area contributed by atoms with Crippen LogP contribution in [-0.2, 0) is 14.3 Å². The second kappa shape index (κ2) is 10.6. The molecule has 1 heterocycles. The molecule has 1 amide bonds. The van der Waals surface area contributed by atoms with Crippen molar-refractivity contribution in [3.63, 3.8) is 0 Å². The van der Waals surface area contributed by atoms with E-state index in [2.05, 4.69) is 10.9 Å². The van der Waals surface area contributed by atoms with Crippen molar-refractivity contribution in [1.29, 1.82) is 0 Å². The van der Waals surface area contributed by atoms with Crippen molar-refractivity contribution < 1.29 is 23.8 Å². The molecule has 2 aliphatic rings. The summed E-state index contributed by atoms with van der Waals surface area (Å²) < 4.78 is 16.2. The lowest BCUT2D eigenvalue weighted by atomic mass is 10.0. The molecule has 2 N–H and O–H groups in total. The molecular formula is C24H26ClN3O5S. The van der Waals surface area contributed by atoms with Crippen LogP contribution in [0.2, 0.25) is 5.02 Å². The third kappa shape index (κ3) is 5.26. The summed E-state index contributed by atoms with van der Waals surface area (Å²) in [4.78, 5) is 29.4. The van der Waals surface area contributed by atoms with Gasteiger partial charge in [-0.3, -0.25) is 20.4 Å². The minimum Gasteiger partial charge on any atom is -0.493 e. The van der Waals surface area contributed by atoms with E-state index < -0.39 is 5.25 Å². The number of hydrogen-bond acceptors (Lipinski definition) is 8. The maximum atomic E-state index is 12.3. The number of aliphatic imine (C=N–C) groups is 1. The summed E-state index contributed by atoms with van der Waals surface area (Å²) in [7, 11) is 4.52. The summed E-state index contributed by atoms with van der Waals surface area (Å²) in [5.74, 6) is 1.18. The first-order valence-electron chi connectivity index (χ1n) is 10.8. The predicted molar refractivity (Wildman–Crippen MR) is 132 cm³/mol. The number of carbonyl (C=O) groups excluding carboxylic acids is 2. The molecule has 2 aromatic carbocycles. The van der Waals surface area contributed by atoms with Gasteiger partial charge < -0.3 is 14.2 Å². The molecule has 0 spiro atoms. The number of halogens is 1. The molecule has 2 atom stereocenters. The molecule has 1 fully saturated rings. The van der Waals surface area contributed by atoms with Crippen molar-refractivity contribution in [3.05, 3.63) is 52.5 Å². The molecule has 180 valence electrons. The Balaban J connectivity index is 1.78. The fourth-order valence-corrected chi connectivity index (χ4v) is 5.41. The number of methoxy groups -OCH3 is 3. The Kier molecular flexibility index (Phi) is 7.53. The van der Waals surface area contributed by atoms with E-state index in [-0.39, 0.29) is 29.5 Å². The molecule has 2 aromatic rings. The van der Waals surface area contributed by atoms with Crippen LogP contribution in [0.3, 0.4) is 0 Å². The molecule has 1 saturated carbocycles. The first-order chi connectivity index (χ1) is 16.4. The van der Waals surface area contributed by atoms with Crippen LogP contribution in [-0.4, -0.2) is 44.3 Å². The zero-order valence-corrected chi connectivity index (χ0v) is 20.7. The number of nitrogens with zero attached hydrogens (tertiary/aromatic N) is 1. The molecular weight excluding hydrogens is 478 g/mol. The number of hydrazine groups is 1. The van der Waals surface area contributed by atoms with E-state index in [9.17, 15) is 9.59 Å². The summed E-state index contributed by atoms with van der Waals surface area (Å²) in [5, 5.41) is -0.181. The number of amides is 1. The molecule has 10 heteroatoms. The Hall–Kier alpha value is -2.91. The number of fused-ring (bicyclic) bond motifs is 1. The van der Waals surface area contributed by atoms with Crippen LogP contribution in [0, 0.1) is 5.92 Å². The molecule has 0 bridgehead atoms. The number of para-hydroxylation sites is 1. The van der Waals surface area contributed by atoms with Crippen LogP contribution in [0.15, 0.2) is 41.4 Å². The van der Waals surface area contributed by atoms with E-state index in [0.29, 0.717) is 28.0 Å². The van der Waals surface area contributed by atoms with Gasteiger partial charge in [-0.25, -0.2) is 4.99 Å². The minimum absolute atomic E-state index is 0.0190. The predicted octanol–water partition coefficient (Wildman–Crippen LogP) is 4.19. The fraction of sp³-hybridized carbons (Fsp3) is 0.375. The van der Waals surface area contributed by atoms with Crippen molar-refractivity contribution in [2.75, 3.05) is 21.3 Å². The lowest BCUT2D eigenvalue weighted by Crippen LogP contribution is -2.46. The lowest BCUT2D eigenvalue weighted by Gasteiger charge is -2.25. The van der Waals surface area contributed by atoms with Gasteiger partial charge in [0.05, 0.1) is 43.9 Å². The van der Waals surface area contributed by atoms with E-state index in [1.807, 2.05) is 30.3 Å². The number of nitrogens with one attached hydrogen (secondary N) is 2. The Labute approximate surface area is 207 Å². The number of ether oxygens (including phenoxy) is 3. The van der Waals surface area contributed by atoms with E-state index in [4.69, 9.17) is 30.8 Å². The van der Waals surface area contributed by atoms with Crippen molar-refractivity contribution in [2.24, 2.45) is 10.9 Å². The first-order valence-corrected chi connectivity index (χ1v) is 12.1. The third-order valence-corrected chi connectivity index (χ3v) is 7.41. The summed E-state index contributed by atoms with van der Waals surface area (Å²) in [6.45, 7) is 0. The summed E-state index contributed by atoms with van der Waals surface area (Å²) >= 11 is 7.87. The molecule has 0 radical (unpaired) electrons. The van der Waals surface area contributed by atoms with Crippen LogP contribution in [0.25, 0.3) is 0 Å². The molecule has 1 aliphatic carbocycles. The van der Waals surface area contributed by atoms with Crippen molar-refractivity contribution >= 4 is 46.8 Å². The molecule has 0 aromatic heterocycles. The van der Waals surface area contributed by atoms with Gasteiger partial charge in [0, 0.05) is 16.5 Å². The highest BCUT2D eigenvalue weighted by molar-refractivity contribution is 8.01.